The van der Waals surface area contributed by atoms with Gasteiger partial charge in [-0.3, -0.25) is 0 Å². The summed E-state index contributed by atoms with van der Waals surface area (Å²) in [5, 5.41) is 18.0. The van der Waals surface area contributed by atoms with E-state index in [1.807, 2.05) is 6.07 Å². The minimum atomic E-state index is -0.774. The number of aliphatic hydroxyl groups excluding tert-OH is 1. The summed E-state index contributed by atoms with van der Waals surface area (Å²) in [5.74, 6) is -1.22. The lowest BCUT2D eigenvalue weighted by Gasteiger charge is -2.10. The normalized spacial score (nSPS) is 11.8. The van der Waals surface area contributed by atoms with E-state index in [0.29, 0.717) is 5.56 Å². The second-order valence-corrected chi connectivity index (χ2v) is 4.57. The van der Waals surface area contributed by atoms with Crippen LogP contribution in [0.1, 0.15) is 29.7 Å². The Balaban J connectivity index is 2.12. The predicted octanol–water partition coefficient (Wildman–Crippen LogP) is 3.47. The van der Waals surface area contributed by atoms with Crippen molar-refractivity contribution in [1.29, 1.82) is 5.26 Å². The van der Waals surface area contributed by atoms with E-state index in [4.69, 9.17) is 10.00 Å². The van der Waals surface area contributed by atoms with Gasteiger partial charge in [0.15, 0.2) is 11.6 Å². The zero-order chi connectivity index (χ0) is 15.4. The molecule has 5 heteroatoms. The van der Waals surface area contributed by atoms with E-state index in [1.54, 1.807) is 0 Å². The summed E-state index contributed by atoms with van der Waals surface area (Å²) in [6.45, 7) is 1.38. The molecule has 0 aliphatic carbocycles. The van der Waals surface area contributed by atoms with E-state index in [-0.39, 0.29) is 23.5 Å². The number of rotatable bonds is 4. The fraction of sp³-hybridized carbons (Fsp3) is 0.188. The molecule has 0 radical (unpaired) electrons. The Bertz CT molecular complexity index is 693. The Morgan fingerprint density at radius 3 is 2.52 bits per heavy atom. The molecule has 1 atom stereocenters. The summed E-state index contributed by atoms with van der Waals surface area (Å²) in [5.41, 5.74) is 0.876. The van der Waals surface area contributed by atoms with Crippen molar-refractivity contribution in [2.24, 2.45) is 0 Å². The number of ether oxygens (including phenoxy) is 1. The largest absolute Gasteiger partial charge is 0.486 e. The highest BCUT2D eigenvalue weighted by molar-refractivity contribution is 5.34. The molecular weight excluding hydrogens is 276 g/mol. The lowest BCUT2D eigenvalue weighted by atomic mass is 10.1. The zero-order valence-corrected chi connectivity index (χ0v) is 11.3. The maximum absolute atomic E-state index is 13.8. The zero-order valence-electron chi connectivity index (χ0n) is 11.3. The summed E-state index contributed by atoms with van der Waals surface area (Å²) in [4.78, 5) is 0. The first-order valence-corrected chi connectivity index (χ1v) is 6.30. The van der Waals surface area contributed by atoms with Crippen LogP contribution in [-0.2, 0) is 6.61 Å². The van der Waals surface area contributed by atoms with Crippen LogP contribution in [0.4, 0.5) is 8.78 Å². The van der Waals surface area contributed by atoms with Crippen LogP contribution >= 0.6 is 0 Å². The molecule has 1 N–H and O–H groups in total. The molecule has 2 rings (SSSR count). The van der Waals surface area contributed by atoms with Crippen molar-refractivity contribution in [2.75, 3.05) is 0 Å². The van der Waals surface area contributed by atoms with Crippen molar-refractivity contribution in [3.05, 3.63) is 64.7 Å². The number of benzene rings is 2. The van der Waals surface area contributed by atoms with Gasteiger partial charge in [0.1, 0.15) is 12.4 Å². The molecule has 0 saturated heterocycles. The van der Waals surface area contributed by atoms with Gasteiger partial charge in [-0.2, -0.15) is 5.26 Å². The van der Waals surface area contributed by atoms with E-state index < -0.39 is 17.7 Å². The third-order valence-electron chi connectivity index (χ3n) is 3.00. The van der Waals surface area contributed by atoms with Gasteiger partial charge < -0.3 is 9.84 Å². The minimum absolute atomic E-state index is 0.0249. The molecule has 21 heavy (non-hydrogen) atoms. The van der Waals surface area contributed by atoms with Crippen LogP contribution in [0.5, 0.6) is 5.75 Å². The second-order valence-electron chi connectivity index (χ2n) is 4.57. The van der Waals surface area contributed by atoms with Gasteiger partial charge >= 0.3 is 0 Å². The Morgan fingerprint density at radius 1 is 1.19 bits per heavy atom. The summed E-state index contributed by atoms with van der Waals surface area (Å²) >= 11 is 0. The minimum Gasteiger partial charge on any atom is -0.486 e. The van der Waals surface area contributed by atoms with Crippen LogP contribution in [0.3, 0.4) is 0 Å². The molecule has 0 aromatic heterocycles. The smallest absolute Gasteiger partial charge is 0.165 e. The van der Waals surface area contributed by atoms with Gasteiger partial charge in [0.25, 0.3) is 0 Å². The molecule has 1 unspecified atom stereocenters. The number of halogens is 2. The maximum atomic E-state index is 13.8. The van der Waals surface area contributed by atoms with E-state index in [1.165, 1.54) is 37.3 Å². The Hall–Kier alpha value is -2.45. The van der Waals surface area contributed by atoms with Crippen molar-refractivity contribution in [3.63, 3.8) is 0 Å². The van der Waals surface area contributed by atoms with Crippen LogP contribution in [0.2, 0.25) is 0 Å². The highest BCUT2D eigenvalue weighted by Crippen LogP contribution is 2.23. The topological polar surface area (TPSA) is 53.2 Å². The Morgan fingerprint density at radius 2 is 1.95 bits per heavy atom. The Kier molecular flexibility index (Phi) is 4.51. The van der Waals surface area contributed by atoms with E-state index in [0.717, 1.165) is 6.07 Å². The van der Waals surface area contributed by atoms with Crippen molar-refractivity contribution in [1.82, 2.24) is 0 Å². The molecule has 2 aromatic rings. The maximum Gasteiger partial charge on any atom is 0.165 e. The molecule has 3 nitrogen and oxygen atoms in total. The van der Waals surface area contributed by atoms with Gasteiger partial charge in [0.05, 0.1) is 17.7 Å². The monoisotopic (exact) mass is 289 g/mol. The molecule has 0 aliphatic heterocycles. The first-order valence-electron chi connectivity index (χ1n) is 6.30. The second kappa shape index (κ2) is 6.33. The average molecular weight is 289 g/mol. The molecule has 0 aliphatic rings. The van der Waals surface area contributed by atoms with Gasteiger partial charge in [-0.25, -0.2) is 8.78 Å². The molecule has 0 amide bonds. The highest BCUT2D eigenvalue weighted by atomic mass is 19.1. The van der Waals surface area contributed by atoms with Gasteiger partial charge in [0, 0.05) is 5.56 Å². The number of hydrogen-bond donors (Lipinski definition) is 1. The first kappa shape index (κ1) is 14.9. The third-order valence-corrected chi connectivity index (χ3v) is 3.00. The Labute approximate surface area is 121 Å². The highest BCUT2D eigenvalue weighted by Gasteiger charge is 2.10. The molecule has 2 aromatic carbocycles. The SMILES string of the molecule is CC(O)c1ccc(OCc2ccc(C#N)cc2F)c(F)c1. The molecule has 0 bridgehead atoms. The molecule has 108 valence electrons. The van der Waals surface area contributed by atoms with Crippen LogP contribution in [0, 0.1) is 23.0 Å². The van der Waals surface area contributed by atoms with E-state index >= 15 is 0 Å². The van der Waals surface area contributed by atoms with Crippen molar-refractivity contribution < 1.29 is 18.6 Å². The first-order chi connectivity index (χ1) is 10.0. The van der Waals surface area contributed by atoms with Crippen LogP contribution in [0.25, 0.3) is 0 Å². The van der Waals surface area contributed by atoms with Crippen molar-refractivity contribution >= 4 is 0 Å². The molecule has 0 heterocycles. The standard InChI is InChI=1S/C16H13F2NO2/c1-10(20)12-4-5-16(15(18)7-12)21-9-13-3-2-11(8-19)6-14(13)17/h2-7,10,20H,9H2,1H3. The van der Waals surface area contributed by atoms with Crippen LogP contribution < -0.4 is 4.74 Å². The van der Waals surface area contributed by atoms with E-state index in [2.05, 4.69) is 0 Å². The number of nitrogens with zero attached hydrogens (tertiary/aromatic N) is 1. The fourth-order valence-electron chi connectivity index (χ4n) is 1.78. The fourth-order valence-corrected chi connectivity index (χ4v) is 1.78. The van der Waals surface area contributed by atoms with Gasteiger partial charge in [-0.15, -0.1) is 0 Å². The summed E-state index contributed by atoms with van der Waals surface area (Å²) in [6.07, 6.45) is -0.774. The molecule has 0 fully saturated rings. The quantitative estimate of drug-likeness (QED) is 0.937. The molecule has 0 saturated carbocycles. The lowest BCUT2D eigenvalue weighted by Crippen LogP contribution is -2.01. The van der Waals surface area contributed by atoms with Gasteiger partial charge in [-0.1, -0.05) is 12.1 Å². The molecular formula is C16H13F2NO2. The van der Waals surface area contributed by atoms with Gasteiger partial charge in [-0.05, 0) is 36.8 Å². The predicted molar refractivity (Wildman–Crippen MR) is 72.5 cm³/mol. The average Bonchev–Trinajstić information content (AvgIpc) is 2.46. The summed E-state index contributed by atoms with van der Waals surface area (Å²) < 4.78 is 32.6. The van der Waals surface area contributed by atoms with Gasteiger partial charge in [0.2, 0.25) is 0 Å². The summed E-state index contributed by atoms with van der Waals surface area (Å²) in [6, 6.07) is 9.93. The lowest BCUT2D eigenvalue weighted by molar-refractivity contribution is 0.198. The van der Waals surface area contributed by atoms with Crippen molar-refractivity contribution in [3.8, 4) is 11.8 Å². The van der Waals surface area contributed by atoms with Crippen molar-refractivity contribution in [2.45, 2.75) is 19.6 Å². The van der Waals surface area contributed by atoms with E-state index in [9.17, 15) is 13.9 Å². The van der Waals surface area contributed by atoms with Crippen LogP contribution in [-0.4, -0.2) is 5.11 Å². The van der Waals surface area contributed by atoms with Crippen LogP contribution in [0.15, 0.2) is 36.4 Å². The molecule has 0 spiro atoms. The summed E-state index contributed by atoms with van der Waals surface area (Å²) in [7, 11) is 0. The third kappa shape index (κ3) is 3.56. The number of aliphatic hydroxyl groups is 1. The number of nitriles is 1. The number of hydrogen-bond acceptors (Lipinski definition) is 3.